The maximum absolute atomic E-state index is 10.7. The molecule has 0 bridgehead atoms. The Hall–Kier alpha value is -3.48. The zero-order valence-electron chi connectivity index (χ0n) is 12.7. The molecule has 0 N–H and O–H groups in total. The molecular formula is C17H12N4O3. The molecule has 118 valence electrons. The Bertz CT molecular complexity index is 1070. The Morgan fingerprint density at radius 1 is 1.08 bits per heavy atom. The molecule has 2 aromatic carbocycles. The van der Waals surface area contributed by atoms with Crippen LogP contribution in [0.15, 0.2) is 54.7 Å². The molecule has 0 spiro atoms. The fraction of sp³-hybridized carbons (Fsp3) is 0.0588. The van der Waals surface area contributed by atoms with E-state index in [-0.39, 0.29) is 5.69 Å². The van der Waals surface area contributed by atoms with E-state index in [2.05, 4.69) is 9.97 Å². The Morgan fingerprint density at radius 2 is 1.88 bits per heavy atom. The predicted octanol–water partition coefficient (Wildman–Crippen LogP) is 3.47. The predicted molar refractivity (Wildman–Crippen MR) is 89.1 cm³/mol. The van der Waals surface area contributed by atoms with E-state index in [0.29, 0.717) is 11.5 Å². The van der Waals surface area contributed by atoms with E-state index >= 15 is 0 Å². The summed E-state index contributed by atoms with van der Waals surface area (Å²) in [7, 11) is 1.61. The van der Waals surface area contributed by atoms with Crippen molar-refractivity contribution in [1.82, 2.24) is 14.4 Å². The van der Waals surface area contributed by atoms with Gasteiger partial charge in [-0.3, -0.25) is 14.5 Å². The molecule has 0 atom stereocenters. The Balaban J connectivity index is 1.82. The van der Waals surface area contributed by atoms with Crippen molar-refractivity contribution >= 4 is 22.5 Å². The van der Waals surface area contributed by atoms with Gasteiger partial charge in [-0.05, 0) is 30.3 Å². The summed E-state index contributed by atoms with van der Waals surface area (Å²) in [6.07, 6.45) is 1.89. The number of nitro benzene ring substituents is 1. The Kier molecular flexibility index (Phi) is 3.13. The highest BCUT2D eigenvalue weighted by molar-refractivity contribution is 5.81. The first-order valence-electron chi connectivity index (χ1n) is 7.23. The fourth-order valence-corrected chi connectivity index (χ4v) is 2.62. The third kappa shape index (κ3) is 2.23. The first kappa shape index (κ1) is 14.1. The fourth-order valence-electron chi connectivity index (χ4n) is 2.62. The minimum atomic E-state index is -0.422. The average molecular weight is 320 g/mol. The number of nitro groups is 1. The smallest absolute Gasteiger partial charge is 0.269 e. The van der Waals surface area contributed by atoms with Crippen LogP contribution in [0.1, 0.15) is 0 Å². The first-order chi connectivity index (χ1) is 11.7. The van der Waals surface area contributed by atoms with Crippen molar-refractivity contribution < 1.29 is 9.66 Å². The van der Waals surface area contributed by atoms with E-state index < -0.39 is 4.92 Å². The molecule has 7 heteroatoms. The van der Waals surface area contributed by atoms with Crippen molar-refractivity contribution in [2.75, 3.05) is 7.11 Å². The van der Waals surface area contributed by atoms with Crippen molar-refractivity contribution in [3.8, 4) is 17.0 Å². The summed E-state index contributed by atoms with van der Waals surface area (Å²) in [6, 6.07) is 13.8. The van der Waals surface area contributed by atoms with Crippen molar-refractivity contribution in [3.63, 3.8) is 0 Å². The molecule has 4 aromatic rings. The molecule has 0 unspecified atom stereocenters. The lowest BCUT2D eigenvalue weighted by molar-refractivity contribution is -0.384. The van der Waals surface area contributed by atoms with E-state index in [1.165, 1.54) is 12.1 Å². The van der Waals surface area contributed by atoms with Gasteiger partial charge in [0.15, 0.2) is 0 Å². The molecule has 2 heterocycles. The Morgan fingerprint density at radius 3 is 2.58 bits per heavy atom. The van der Waals surface area contributed by atoms with Crippen LogP contribution in [0, 0.1) is 10.1 Å². The van der Waals surface area contributed by atoms with Gasteiger partial charge < -0.3 is 4.74 Å². The van der Waals surface area contributed by atoms with Crippen LogP contribution in [0.4, 0.5) is 5.69 Å². The largest absolute Gasteiger partial charge is 0.497 e. The van der Waals surface area contributed by atoms with Gasteiger partial charge in [0.25, 0.3) is 5.69 Å². The summed E-state index contributed by atoms with van der Waals surface area (Å²) in [5.41, 5.74) is 3.29. The molecule has 24 heavy (non-hydrogen) atoms. The number of fused-ring (bicyclic) bond motifs is 3. The molecule has 0 amide bonds. The number of benzene rings is 2. The molecule has 0 fully saturated rings. The second-order valence-electron chi connectivity index (χ2n) is 5.25. The minimum Gasteiger partial charge on any atom is -0.497 e. The van der Waals surface area contributed by atoms with Crippen LogP contribution in [-0.4, -0.2) is 26.4 Å². The van der Waals surface area contributed by atoms with Crippen LogP contribution in [0.3, 0.4) is 0 Å². The molecule has 2 aromatic heterocycles. The standard InChI is InChI=1S/C17H12N4O3/c1-24-13-6-7-16-15(10-13)19-17-18-14(8-9-20(16)17)11-2-4-12(5-3-11)21(22)23/h2-10H,1H3. The summed E-state index contributed by atoms with van der Waals surface area (Å²) in [6.45, 7) is 0. The van der Waals surface area contributed by atoms with Crippen LogP contribution in [0.5, 0.6) is 5.75 Å². The molecule has 0 saturated carbocycles. The lowest BCUT2D eigenvalue weighted by Crippen LogP contribution is -1.92. The van der Waals surface area contributed by atoms with E-state index in [0.717, 1.165) is 22.3 Å². The number of imidazole rings is 1. The maximum atomic E-state index is 10.7. The van der Waals surface area contributed by atoms with Gasteiger partial charge in [0, 0.05) is 30.0 Å². The van der Waals surface area contributed by atoms with Gasteiger partial charge in [0.1, 0.15) is 5.75 Å². The molecule has 4 rings (SSSR count). The lowest BCUT2D eigenvalue weighted by atomic mass is 10.1. The van der Waals surface area contributed by atoms with Gasteiger partial charge in [-0.2, -0.15) is 0 Å². The van der Waals surface area contributed by atoms with Crippen LogP contribution >= 0.6 is 0 Å². The number of non-ortho nitro benzene ring substituents is 1. The first-order valence-corrected chi connectivity index (χ1v) is 7.23. The minimum absolute atomic E-state index is 0.0541. The molecular weight excluding hydrogens is 308 g/mol. The van der Waals surface area contributed by atoms with Gasteiger partial charge in [-0.15, -0.1) is 0 Å². The van der Waals surface area contributed by atoms with Crippen molar-refractivity contribution in [2.45, 2.75) is 0 Å². The van der Waals surface area contributed by atoms with Gasteiger partial charge in [-0.1, -0.05) is 0 Å². The van der Waals surface area contributed by atoms with E-state index in [1.807, 2.05) is 34.9 Å². The van der Waals surface area contributed by atoms with Crippen molar-refractivity contribution in [2.24, 2.45) is 0 Å². The van der Waals surface area contributed by atoms with Gasteiger partial charge in [0.2, 0.25) is 5.78 Å². The molecule has 0 aliphatic rings. The zero-order valence-corrected chi connectivity index (χ0v) is 12.7. The number of rotatable bonds is 3. The highest BCUT2D eigenvalue weighted by Gasteiger charge is 2.10. The third-order valence-electron chi connectivity index (χ3n) is 3.85. The van der Waals surface area contributed by atoms with Gasteiger partial charge in [0.05, 0.1) is 28.8 Å². The third-order valence-corrected chi connectivity index (χ3v) is 3.85. The van der Waals surface area contributed by atoms with E-state index in [1.54, 1.807) is 19.2 Å². The maximum Gasteiger partial charge on any atom is 0.269 e. The van der Waals surface area contributed by atoms with Crippen LogP contribution < -0.4 is 4.74 Å². The van der Waals surface area contributed by atoms with Crippen LogP contribution in [-0.2, 0) is 0 Å². The quantitative estimate of drug-likeness (QED) is 0.426. The number of hydrogen-bond donors (Lipinski definition) is 0. The van der Waals surface area contributed by atoms with E-state index in [9.17, 15) is 10.1 Å². The van der Waals surface area contributed by atoms with Crippen molar-refractivity contribution in [3.05, 3.63) is 64.8 Å². The SMILES string of the molecule is COc1ccc2c(c1)nc1nc(-c3ccc([N+](=O)[O-])cc3)ccn12. The normalized spacial score (nSPS) is 11.0. The molecule has 0 radical (unpaired) electrons. The van der Waals surface area contributed by atoms with Crippen LogP contribution in [0.2, 0.25) is 0 Å². The molecule has 7 nitrogen and oxygen atoms in total. The van der Waals surface area contributed by atoms with Gasteiger partial charge in [-0.25, -0.2) is 9.97 Å². The highest BCUT2D eigenvalue weighted by Crippen LogP contribution is 2.24. The topological polar surface area (TPSA) is 82.6 Å². The number of ether oxygens (including phenoxy) is 1. The number of aromatic nitrogens is 3. The average Bonchev–Trinajstić information content (AvgIpc) is 2.98. The summed E-state index contributed by atoms with van der Waals surface area (Å²) in [4.78, 5) is 19.4. The summed E-state index contributed by atoms with van der Waals surface area (Å²) >= 11 is 0. The summed E-state index contributed by atoms with van der Waals surface area (Å²) < 4.78 is 7.11. The molecule has 0 aliphatic carbocycles. The highest BCUT2D eigenvalue weighted by atomic mass is 16.6. The monoisotopic (exact) mass is 320 g/mol. The second kappa shape index (κ2) is 5.31. The Labute approximate surface area is 136 Å². The van der Waals surface area contributed by atoms with Crippen molar-refractivity contribution in [1.29, 1.82) is 0 Å². The number of nitrogens with zero attached hydrogens (tertiary/aromatic N) is 4. The number of methoxy groups -OCH3 is 1. The molecule has 0 saturated heterocycles. The molecule has 0 aliphatic heterocycles. The number of hydrogen-bond acceptors (Lipinski definition) is 5. The second-order valence-corrected chi connectivity index (χ2v) is 5.25. The van der Waals surface area contributed by atoms with Gasteiger partial charge >= 0.3 is 0 Å². The van der Waals surface area contributed by atoms with E-state index in [4.69, 9.17) is 4.74 Å². The lowest BCUT2D eigenvalue weighted by Gasteiger charge is -2.02. The van der Waals surface area contributed by atoms with Crippen LogP contribution in [0.25, 0.3) is 28.1 Å². The summed E-state index contributed by atoms with van der Waals surface area (Å²) in [5.74, 6) is 1.30. The zero-order chi connectivity index (χ0) is 16.7. The summed E-state index contributed by atoms with van der Waals surface area (Å²) in [5, 5.41) is 10.7.